The first-order chi connectivity index (χ1) is 13.4. The third-order valence-electron chi connectivity index (χ3n) is 5.34. The van der Waals surface area contributed by atoms with E-state index in [0.717, 1.165) is 6.42 Å². The van der Waals surface area contributed by atoms with E-state index in [1.165, 1.54) is 12.0 Å². The molecule has 4 rings (SSSR count). The zero-order valence-corrected chi connectivity index (χ0v) is 17.8. The molecule has 2 fully saturated rings. The Balaban J connectivity index is 1.62. The number of amides is 1. The van der Waals surface area contributed by atoms with Gasteiger partial charge in [-0.25, -0.2) is 8.42 Å². The van der Waals surface area contributed by atoms with Gasteiger partial charge >= 0.3 is 0 Å². The van der Waals surface area contributed by atoms with Gasteiger partial charge in [-0.1, -0.05) is 17.7 Å². The molecule has 0 aliphatic carbocycles. The molecule has 0 spiro atoms. The Hall–Kier alpha value is -1.61. The maximum atomic E-state index is 13.0. The third-order valence-corrected chi connectivity index (χ3v) is 8.27. The topological polar surface area (TPSA) is 66.9 Å². The van der Waals surface area contributed by atoms with E-state index < -0.39 is 15.9 Å². The summed E-state index contributed by atoms with van der Waals surface area (Å²) in [6.07, 6.45) is 0.808. The Morgan fingerprint density at radius 1 is 1.25 bits per heavy atom. The van der Waals surface area contributed by atoms with Gasteiger partial charge in [0.2, 0.25) is 5.91 Å². The number of thiophene rings is 1. The lowest BCUT2D eigenvalue weighted by atomic mass is 10.0. The number of carbonyl (C=O) groups excluding carboxylic acids is 1. The van der Waals surface area contributed by atoms with Crippen LogP contribution in [0.25, 0.3) is 0 Å². The van der Waals surface area contributed by atoms with Crippen LogP contribution in [-0.2, 0) is 21.1 Å². The number of hydrogen-bond donors (Lipinski definition) is 0. The largest absolute Gasteiger partial charge is 0.495 e. The second-order valence-electron chi connectivity index (χ2n) is 7.09. The summed E-state index contributed by atoms with van der Waals surface area (Å²) in [5, 5.41) is 2.42. The van der Waals surface area contributed by atoms with E-state index in [-0.39, 0.29) is 30.0 Å². The molecular weight excluding hydrogens is 420 g/mol. The molecule has 0 bridgehead atoms. The number of hydrogen-bond acceptors (Lipinski definition) is 6. The maximum absolute atomic E-state index is 13.0. The second kappa shape index (κ2) is 7.67. The Morgan fingerprint density at radius 2 is 2.04 bits per heavy atom. The molecule has 3 heterocycles. The van der Waals surface area contributed by atoms with Gasteiger partial charge in [-0.15, -0.1) is 11.3 Å². The Morgan fingerprint density at radius 3 is 2.71 bits per heavy atom. The lowest BCUT2D eigenvalue weighted by molar-refractivity contribution is -0.123. The molecule has 1 aromatic heterocycles. The first kappa shape index (κ1) is 19.7. The van der Waals surface area contributed by atoms with E-state index in [0.29, 0.717) is 23.0 Å². The van der Waals surface area contributed by atoms with Crippen LogP contribution in [0.4, 0.5) is 5.69 Å². The van der Waals surface area contributed by atoms with Gasteiger partial charge in [0.15, 0.2) is 9.84 Å². The fourth-order valence-corrected chi connectivity index (χ4v) is 6.98. The standard InChI is InChI=1S/C19H21ClN2O4S2/c1-26-18-5-4-13(9-15(18)20)22-17-12-28(24,25)11-16(17)21(10-19(22)23)7-6-14-3-2-8-27-14/h2-5,8-9,16-17H,6-7,10-12H2,1H3/t16-,17-/m0/s1. The fourth-order valence-electron chi connectivity index (χ4n) is 4.05. The lowest BCUT2D eigenvalue weighted by Gasteiger charge is -2.43. The predicted octanol–water partition coefficient (Wildman–Crippen LogP) is 2.47. The van der Waals surface area contributed by atoms with E-state index in [9.17, 15) is 13.2 Å². The van der Waals surface area contributed by atoms with Crippen molar-refractivity contribution in [1.82, 2.24) is 4.90 Å². The van der Waals surface area contributed by atoms with Gasteiger partial charge in [0.25, 0.3) is 0 Å². The number of sulfone groups is 1. The number of rotatable bonds is 5. The van der Waals surface area contributed by atoms with Crippen LogP contribution in [0.15, 0.2) is 35.7 Å². The number of anilines is 1. The first-order valence-electron chi connectivity index (χ1n) is 9.00. The lowest BCUT2D eigenvalue weighted by Crippen LogP contribution is -2.62. The highest BCUT2D eigenvalue weighted by atomic mass is 35.5. The third kappa shape index (κ3) is 3.78. The molecule has 0 radical (unpaired) electrons. The number of carbonyl (C=O) groups is 1. The van der Waals surface area contributed by atoms with Crippen molar-refractivity contribution in [2.75, 3.05) is 36.6 Å². The zero-order valence-electron chi connectivity index (χ0n) is 15.4. The normalized spacial score (nSPS) is 24.4. The highest BCUT2D eigenvalue weighted by molar-refractivity contribution is 7.91. The molecule has 6 nitrogen and oxygen atoms in total. The van der Waals surface area contributed by atoms with Gasteiger partial charge in [0, 0.05) is 23.2 Å². The van der Waals surface area contributed by atoms with E-state index in [1.54, 1.807) is 34.4 Å². The van der Waals surface area contributed by atoms with Gasteiger partial charge in [-0.3, -0.25) is 9.69 Å². The summed E-state index contributed by atoms with van der Waals surface area (Å²) in [5.74, 6) is 0.465. The summed E-state index contributed by atoms with van der Waals surface area (Å²) in [6, 6.07) is 8.58. The predicted molar refractivity (Wildman–Crippen MR) is 111 cm³/mol. The minimum Gasteiger partial charge on any atom is -0.495 e. The van der Waals surface area contributed by atoms with Gasteiger partial charge < -0.3 is 9.64 Å². The van der Waals surface area contributed by atoms with Crippen molar-refractivity contribution in [2.24, 2.45) is 0 Å². The Bertz CT molecular complexity index is 978. The summed E-state index contributed by atoms with van der Waals surface area (Å²) < 4.78 is 30.0. The minimum atomic E-state index is -3.21. The number of methoxy groups -OCH3 is 1. The summed E-state index contributed by atoms with van der Waals surface area (Å²) in [6.45, 7) is 0.867. The average Bonchev–Trinajstić information content (AvgIpc) is 3.26. The van der Waals surface area contributed by atoms with Crippen LogP contribution in [0.5, 0.6) is 5.75 Å². The minimum absolute atomic E-state index is 0.0252. The van der Waals surface area contributed by atoms with E-state index in [1.807, 2.05) is 16.3 Å². The number of fused-ring (bicyclic) bond motifs is 1. The van der Waals surface area contributed by atoms with Crippen molar-refractivity contribution in [3.8, 4) is 5.75 Å². The highest BCUT2D eigenvalue weighted by Gasteiger charge is 2.49. The Labute approximate surface area is 173 Å². The highest BCUT2D eigenvalue weighted by Crippen LogP contribution is 2.35. The van der Waals surface area contributed by atoms with Crippen LogP contribution >= 0.6 is 22.9 Å². The maximum Gasteiger partial charge on any atom is 0.241 e. The van der Waals surface area contributed by atoms with Crippen molar-refractivity contribution < 1.29 is 17.9 Å². The summed E-state index contributed by atoms with van der Waals surface area (Å²) in [7, 11) is -1.69. The molecule has 2 atom stereocenters. The summed E-state index contributed by atoms with van der Waals surface area (Å²) >= 11 is 7.91. The second-order valence-corrected chi connectivity index (χ2v) is 10.7. The average molecular weight is 441 g/mol. The van der Waals surface area contributed by atoms with Crippen LogP contribution < -0.4 is 9.64 Å². The first-order valence-corrected chi connectivity index (χ1v) is 12.1. The number of piperazine rings is 1. The van der Waals surface area contributed by atoms with Crippen LogP contribution in [-0.4, -0.2) is 63.0 Å². The fraction of sp³-hybridized carbons (Fsp3) is 0.421. The van der Waals surface area contributed by atoms with Crippen molar-refractivity contribution >= 4 is 44.4 Å². The molecule has 0 N–H and O–H groups in total. The molecule has 2 aromatic rings. The van der Waals surface area contributed by atoms with Gasteiger partial charge in [0.1, 0.15) is 5.75 Å². The summed E-state index contributed by atoms with van der Waals surface area (Å²) in [5.41, 5.74) is 0.612. The molecule has 0 unspecified atom stereocenters. The SMILES string of the molecule is COc1ccc(N2C(=O)CN(CCc3cccs3)[C@H]3CS(=O)(=O)C[C@@H]32)cc1Cl. The number of nitrogens with zero attached hydrogens (tertiary/aromatic N) is 2. The van der Waals surface area contributed by atoms with Gasteiger partial charge in [-0.05, 0) is 36.1 Å². The smallest absolute Gasteiger partial charge is 0.241 e. The van der Waals surface area contributed by atoms with Gasteiger partial charge in [-0.2, -0.15) is 0 Å². The quantitative estimate of drug-likeness (QED) is 0.714. The van der Waals surface area contributed by atoms with Crippen molar-refractivity contribution in [3.63, 3.8) is 0 Å². The molecule has 1 amide bonds. The molecule has 28 heavy (non-hydrogen) atoms. The molecule has 2 aliphatic heterocycles. The zero-order chi connectivity index (χ0) is 19.9. The number of benzene rings is 1. The van der Waals surface area contributed by atoms with Crippen LogP contribution in [0, 0.1) is 0 Å². The molecule has 9 heteroatoms. The van der Waals surface area contributed by atoms with E-state index in [2.05, 4.69) is 6.07 Å². The van der Waals surface area contributed by atoms with Crippen LogP contribution in [0.3, 0.4) is 0 Å². The molecule has 150 valence electrons. The monoisotopic (exact) mass is 440 g/mol. The molecule has 2 saturated heterocycles. The van der Waals surface area contributed by atoms with Crippen molar-refractivity contribution in [1.29, 1.82) is 0 Å². The van der Waals surface area contributed by atoms with E-state index >= 15 is 0 Å². The van der Waals surface area contributed by atoms with Gasteiger partial charge in [0.05, 0.1) is 36.2 Å². The molecule has 0 saturated carbocycles. The number of halogens is 1. The van der Waals surface area contributed by atoms with Crippen molar-refractivity contribution in [2.45, 2.75) is 18.5 Å². The van der Waals surface area contributed by atoms with Crippen molar-refractivity contribution in [3.05, 3.63) is 45.6 Å². The van der Waals surface area contributed by atoms with Crippen LogP contribution in [0.2, 0.25) is 5.02 Å². The Kier molecular flexibility index (Phi) is 5.39. The van der Waals surface area contributed by atoms with E-state index in [4.69, 9.17) is 16.3 Å². The summed E-state index contributed by atoms with van der Waals surface area (Å²) in [4.78, 5) is 17.9. The molecule has 2 aliphatic rings. The number of ether oxygens (including phenoxy) is 1. The molecular formula is C19H21ClN2O4S2. The molecule has 1 aromatic carbocycles. The van der Waals surface area contributed by atoms with Crippen LogP contribution in [0.1, 0.15) is 4.88 Å².